The molecule has 2 amide bonds. The van der Waals surface area contributed by atoms with Gasteiger partial charge in [0.15, 0.2) is 0 Å². The third-order valence-corrected chi connectivity index (χ3v) is 7.28. The van der Waals surface area contributed by atoms with Crippen LogP contribution in [0.4, 0.5) is 11.5 Å². The van der Waals surface area contributed by atoms with Gasteiger partial charge in [0, 0.05) is 64.8 Å². The number of aromatic nitrogens is 4. The van der Waals surface area contributed by atoms with Gasteiger partial charge in [-0.15, -0.1) is 11.3 Å². The summed E-state index contributed by atoms with van der Waals surface area (Å²) in [6, 6.07) is 14.0. The number of fused-ring (bicyclic) bond motifs is 2. The van der Waals surface area contributed by atoms with E-state index in [-0.39, 0.29) is 0 Å². The molecule has 10 heteroatoms. The standard InChI is InChI=1S/C25H21N7O2S/c33-24(25(34)32-9-7-31(8-10-32)22-15-26-5-6-27-22)29-18-11-17-14-28-30-23(17)19(13-18)21-12-16-3-1-2-4-20(16)35-21/h1-6,11-15H,7-10H2,(H,28,30)(H,29,33). The third kappa shape index (κ3) is 4.08. The number of nitrogens with zero attached hydrogens (tertiary/aromatic N) is 5. The van der Waals surface area contributed by atoms with Crippen molar-refractivity contribution < 1.29 is 9.59 Å². The molecule has 1 aliphatic heterocycles. The summed E-state index contributed by atoms with van der Waals surface area (Å²) in [5.41, 5.74) is 2.38. The Kier molecular flexibility index (Phi) is 5.34. The predicted molar refractivity (Wildman–Crippen MR) is 136 cm³/mol. The van der Waals surface area contributed by atoms with Crippen molar-refractivity contribution in [1.82, 2.24) is 25.1 Å². The molecule has 0 saturated carbocycles. The van der Waals surface area contributed by atoms with Crippen molar-refractivity contribution in [2.24, 2.45) is 0 Å². The number of aromatic amines is 1. The number of H-pyrrole nitrogens is 1. The number of nitrogens with one attached hydrogen (secondary N) is 2. The van der Waals surface area contributed by atoms with Gasteiger partial charge in [-0.1, -0.05) is 18.2 Å². The molecule has 0 bridgehead atoms. The second kappa shape index (κ2) is 8.80. The number of anilines is 2. The maximum Gasteiger partial charge on any atom is 0.313 e. The fourth-order valence-corrected chi connectivity index (χ4v) is 5.45. The highest BCUT2D eigenvalue weighted by Gasteiger charge is 2.27. The highest BCUT2D eigenvalue weighted by atomic mass is 32.1. The molecule has 1 fully saturated rings. The highest BCUT2D eigenvalue weighted by molar-refractivity contribution is 7.22. The minimum Gasteiger partial charge on any atom is -0.352 e. The Morgan fingerprint density at radius 3 is 2.63 bits per heavy atom. The zero-order valence-electron chi connectivity index (χ0n) is 18.6. The Labute approximate surface area is 204 Å². The molecule has 1 saturated heterocycles. The number of carbonyl (C=O) groups excluding carboxylic acids is 2. The average Bonchev–Trinajstić information content (AvgIpc) is 3.55. The molecule has 0 aliphatic carbocycles. The molecular weight excluding hydrogens is 462 g/mol. The van der Waals surface area contributed by atoms with E-state index in [9.17, 15) is 9.59 Å². The minimum absolute atomic E-state index is 0.441. The number of hydrogen-bond donors (Lipinski definition) is 2. The maximum atomic E-state index is 12.9. The minimum atomic E-state index is -0.650. The molecule has 0 atom stereocenters. The predicted octanol–water partition coefficient (Wildman–Crippen LogP) is 3.52. The molecule has 9 nitrogen and oxygen atoms in total. The molecule has 4 heterocycles. The zero-order chi connectivity index (χ0) is 23.8. The molecule has 1 aliphatic rings. The lowest BCUT2D eigenvalue weighted by Gasteiger charge is -2.34. The lowest BCUT2D eigenvalue weighted by Crippen LogP contribution is -2.51. The van der Waals surface area contributed by atoms with Crippen molar-refractivity contribution in [2.45, 2.75) is 0 Å². The van der Waals surface area contributed by atoms with E-state index in [1.54, 1.807) is 41.0 Å². The molecule has 5 aromatic rings. The summed E-state index contributed by atoms with van der Waals surface area (Å²) in [4.78, 5) is 38.8. The summed E-state index contributed by atoms with van der Waals surface area (Å²) in [6.45, 7) is 2.07. The summed E-state index contributed by atoms with van der Waals surface area (Å²) in [6.07, 6.45) is 6.69. The molecule has 174 valence electrons. The second-order valence-electron chi connectivity index (χ2n) is 8.30. The number of rotatable bonds is 3. The van der Waals surface area contributed by atoms with E-state index in [0.717, 1.165) is 32.5 Å². The van der Waals surface area contributed by atoms with Gasteiger partial charge in [-0.2, -0.15) is 5.10 Å². The Morgan fingerprint density at radius 2 is 1.83 bits per heavy atom. The van der Waals surface area contributed by atoms with E-state index >= 15 is 0 Å². The molecule has 0 spiro atoms. The van der Waals surface area contributed by atoms with E-state index in [1.165, 1.54) is 4.70 Å². The van der Waals surface area contributed by atoms with Gasteiger partial charge in [0.2, 0.25) is 0 Å². The van der Waals surface area contributed by atoms with Gasteiger partial charge in [-0.3, -0.25) is 19.7 Å². The van der Waals surface area contributed by atoms with Crippen molar-refractivity contribution in [3.63, 3.8) is 0 Å². The Morgan fingerprint density at radius 1 is 0.971 bits per heavy atom. The lowest BCUT2D eigenvalue weighted by molar-refractivity contribution is -0.143. The molecule has 0 unspecified atom stereocenters. The molecule has 6 rings (SSSR count). The van der Waals surface area contributed by atoms with Crippen LogP contribution in [0.5, 0.6) is 0 Å². The fraction of sp³-hybridized carbons (Fsp3) is 0.160. The molecule has 35 heavy (non-hydrogen) atoms. The smallest absolute Gasteiger partial charge is 0.313 e. The summed E-state index contributed by atoms with van der Waals surface area (Å²) in [7, 11) is 0. The quantitative estimate of drug-likeness (QED) is 0.380. The van der Waals surface area contributed by atoms with Crippen molar-refractivity contribution in [3.05, 3.63) is 67.3 Å². The molecule has 3 aromatic heterocycles. The van der Waals surface area contributed by atoms with Crippen molar-refractivity contribution >= 4 is 55.6 Å². The van der Waals surface area contributed by atoms with Crippen molar-refractivity contribution in [3.8, 4) is 10.4 Å². The molecule has 0 radical (unpaired) electrons. The van der Waals surface area contributed by atoms with E-state index in [0.29, 0.717) is 31.9 Å². The van der Waals surface area contributed by atoms with Crippen LogP contribution in [0.2, 0.25) is 0 Å². The number of thiophene rings is 1. The second-order valence-corrected chi connectivity index (χ2v) is 9.39. The van der Waals surface area contributed by atoms with Crippen LogP contribution >= 0.6 is 11.3 Å². The SMILES string of the molecule is O=C(Nc1cc(-c2cc3ccccc3s2)c2[nH]ncc2c1)C(=O)N1CCN(c2cnccn2)CC1. The first-order chi connectivity index (χ1) is 17.2. The van der Waals surface area contributed by atoms with Gasteiger partial charge in [0.05, 0.1) is 17.9 Å². The van der Waals surface area contributed by atoms with Gasteiger partial charge in [0.1, 0.15) is 5.82 Å². The summed E-state index contributed by atoms with van der Waals surface area (Å²) >= 11 is 1.67. The van der Waals surface area contributed by atoms with Gasteiger partial charge < -0.3 is 15.1 Å². The number of amides is 2. The van der Waals surface area contributed by atoms with Crippen LogP contribution in [0, 0.1) is 0 Å². The maximum absolute atomic E-state index is 12.9. The number of carbonyl (C=O) groups is 2. The monoisotopic (exact) mass is 483 g/mol. The van der Waals surface area contributed by atoms with Crippen LogP contribution in [0.15, 0.2) is 67.3 Å². The number of benzene rings is 2. The van der Waals surface area contributed by atoms with E-state index in [2.05, 4.69) is 48.6 Å². The summed E-state index contributed by atoms with van der Waals surface area (Å²) < 4.78 is 1.18. The van der Waals surface area contributed by atoms with Crippen LogP contribution in [-0.4, -0.2) is 63.1 Å². The van der Waals surface area contributed by atoms with Crippen LogP contribution in [0.1, 0.15) is 0 Å². The number of piperazine rings is 1. The zero-order valence-corrected chi connectivity index (χ0v) is 19.5. The van der Waals surface area contributed by atoms with Gasteiger partial charge in [-0.25, -0.2) is 4.98 Å². The summed E-state index contributed by atoms with van der Waals surface area (Å²) in [5, 5.41) is 12.1. The first-order valence-corrected chi connectivity index (χ1v) is 12.0. The van der Waals surface area contributed by atoms with Crippen LogP contribution in [0.25, 0.3) is 31.4 Å². The largest absolute Gasteiger partial charge is 0.352 e. The Hall–Kier alpha value is -4.31. The normalized spacial score (nSPS) is 13.9. The molecule has 2 N–H and O–H groups in total. The van der Waals surface area contributed by atoms with Crippen LogP contribution in [0.3, 0.4) is 0 Å². The van der Waals surface area contributed by atoms with Gasteiger partial charge >= 0.3 is 11.8 Å². The van der Waals surface area contributed by atoms with Crippen LogP contribution < -0.4 is 10.2 Å². The first kappa shape index (κ1) is 21.2. The molecule has 2 aromatic carbocycles. The first-order valence-electron chi connectivity index (χ1n) is 11.2. The van der Waals surface area contributed by atoms with Crippen molar-refractivity contribution in [2.75, 3.05) is 36.4 Å². The summed E-state index contributed by atoms with van der Waals surface area (Å²) in [5.74, 6) is -0.422. The number of hydrogen-bond acceptors (Lipinski definition) is 7. The Balaban J connectivity index is 1.20. The van der Waals surface area contributed by atoms with E-state index in [4.69, 9.17) is 0 Å². The lowest BCUT2D eigenvalue weighted by atomic mass is 10.1. The topological polar surface area (TPSA) is 107 Å². The highest BCUT2D eigenvalue weighted by Crippen LogP contribution is 2.38. The van der Waals surface area contributed by atoms with Crippen LogP contribution in [-0.2, 0) is 9.59 Å². The van der Waals surface area contributed by atoms with Gasteiger partial charge in [-0.05, 0) is 29.7 Å². The fourth-order valence-electron chi connectivity index (χ4n) is 4.36. The van der Waals surface area contributed by atoms with Gasteiger partial charge in [0.25, 0.3) is 0 Å². The Bertz CT molecular complexity index is 1500. The third-order valence-electron chi connectivity index (χ3n) is 6.13. The van der Waals surface area contributed by atoms with E-state index in [1.807, 2.05) is 24.3 Å². The molecular formula is C25H21N7O2S. The average molecular weight is 484 g/mol. The van der Waals surface area contributed by atoms with E-state index < -0.39 is 11.8 Å². The van der Waals surface area contributed by atoms with Crippen molar-refractivity contribution in [1.29, 1.82) is 0 Å².